The van der Waals surface area contributed by atoms with Crippen LogP contribution in [0.5, 0.6) is 0 Å². The largest absolute Gasteiger partial charge is 0.480 e. The lowest BCUT2D eigenvalue weighted by Gasteiger charge is -2.57. The molecule has 1 amide bonds. The number of carboxylic acid groups (broad SMARTS) is 1. The highest BCUT2D eigenvalue weighted by atomic mass is 35.5. The molecule has 0 aliphatic heterocycles. The second-order valence-corrected chi connectivity index (χ2v) is 12.9. The molecule has 4 saturated carbocycles. The number of rotatable bonds is 7. The average Bonchev–Trinajstić information content (AvgIpc) is 2.79. The van der Waals surface area contributed by atoms with Gasteiger partial charge in [-0.1, -0.05) is 29.8 Å². The van der Waals surface area contributed by atoms with Gasteiger partial charge < -0.3 is 20.5 Å². The molecular weight excluding hydrogens is 488 g/mol. The van der Waals surface area contributed by atoms with Crippen molar-refractivity contribution in [1.29, 1.82) is 0 Å². The van der Waals surface area contributed by atoms with Crippen LogP contribution in [-0.2, 0) is 21.4 Å². The minimum absolute atomic E-state index is 0.148. The second-order valence-electron chi connectivity index (χ2n) is 12.5. The van der Waals surface area contributed by atoms with Gasteiger partial charge in [-0.3, -0.25) is 0 Å². The molecule has 0 saturated heterocycles. The Bertz CT molecular complexity index is 1140. The summed E-state index contributed by atoms with van der Waals surface area (Å²) in [7, 11) is 0. The normalized spacial score (nSPS) is 27.0. The topological polar surface area (TPSA) is 87.7 Å². The predicted molar refractivity (Wildman–Crippen MR) is 146 cm³/mol. The molecule has 198 valence electrons. The van der Waals surface area contributed by atoms with Gasteiger partial charge in [0.1, 0.15) is 11.6 Å². The van der Waals surface area contributed by atoms with Crippen molar-refractivity contribution in [3.8, 4) is 0 Å². The van der Waals surface area contributed by atoms with E-state index in [9.17, 15) is 14.7 Å². The van der Waals surface area contributed by atoms with Crippen LogP contribution in [0.25, 0.3) is 0 Å². The van der Waals surface area contributed by atoms with E-state index in [1.54, 1.807) is 20.8 Å². The fourth-order valence-corrected chi connectivity index (χ4v) is 7.40. The standard InChI is InChI=1S/C30H37ClN2O4/c1-29(2,3)37-28(36)33-26(27(34)35)13-18-4-7-23(8-5-18)32-25-9-6-22(14-24(25)31)30-15-19-10-20(16-30)12-21(11-19)17-30/h4-9,14,19-21,26,32H,10-13,15-17H2,1-3H3,(H,33,36)(H,34,35). The Hall–Kier alpha value is -2.73. The number of nitrogens with one attached hydrogen (secondary N) is 2. The van der Waals surface area contributed by atoms with Crippen LogP contribution in [0.2, 0.25) is 5.02 Å². The van der Waals surface area contributed by atoms with Crippen molar-refractivity contribution >= 4 is 35.0 Å². The van der Waals surface area contributed by atoms with Crippen LogP contribution in [0.15, 0.2) is 42.5 Å². The summed E-state index contributed by atoms with van der Waals surface area (Å²) in [6.07, 6.45) is 7.60. The van der Waals surface area contributed by atoms with Crippen molar-refractivity contribution in [2.45, 2.75) is 82.8 Å². The minimum atomic E-state index is -1.11. The lowest BCUT2D eigenvalue weighted by atomic mass is 9.48. The van der Waals surface area contributed by atoms with Crippen LogP contribution in [-0.4, -0.2) is 28.8 Å². The quantitative estimate of drug-likeness (QED) is 0.360. The number of ether oxygens (including phenoxy) is 1. The highest BCUT2D eigenvalue weighted by molar-refractivity contribution is 6.33. The Kier molecular flexibility index (Phi) is 6.90. The molecule has 7 heteroatoms. The Morgan fingerprint density at radius 2 is 1.62 bits per heavy atom. The molecule has 1 unspecified atom stereocenters. The number of anilines is 2. The third-order valence-corrected chi connectivity index (χ3v) is 8.59. The van der Waals surface area contributed by atoms with Gasteiger partial charge >= 0.3 is 12.1 Å². The molecular formula is C30H37ClN2O4. The van der Waals surface area contributed by atoms with Gasteiger partial charge in [0.05, 0.1) is 10.7 Å². The maximum atomic E-state index is 12.0. The molecule has 2 aromatic rings. The van der Waals surface area contributed by atoms with E-state index in [1.165, 1.54) is 44.1 Å². The third-order valence-electron chi connectivity index (χ3n) is 8.28. The first-order chi connectivity index (χ1) is 17.5. The zero-order valence-electron chi connectivity index (χ0n) is 21.9. The van der Waals surface area contributed by atoms with E-state index in [2.05, 4.69) is 28.8 Å². The number of carbonyl (C=O) groups is 2. The van der Waals surface area contributed by atoms with Gasteiger partial charge in [0.25, 0.3) is 0 Å². The molecule has 37 heavy (non-hydrogen) atoms. The fraction of sp³-hybridized carbons (Fsp3) is 0.533. The first-order valence-electron chi connectivity index (χ1n) is 13.4. The summed E-state index contributed by atoms with van der Waals surface area (Å²) in [5, 5.41) is 16.1. The lowest BCUT2D eigenvalue weighted by Crippen LogP contribution is -2.48. The van der Waals surface area contributed by atoms with Crippen molar-refractivity contribution in [1.82, 2.24) is 5.32 Å². The van der Waals surface area contributed by atoms with E-state index < -0.39 is 23.7 Å². The summed E-state index contributed by atoms with van der Waals surface area (Å²) in [5.74, 6) is 1.56. The number of amides is 1. The molecule has 0 heterocycles. The van der Waals surface area contributed by atoms with Gasteiger partial charge in [0.15, 0.2) is 0 Å². The van der Waals surface area contributed by atoms with Gasteiger partial charge in [-0.15, -0.1) is 0 Å². The zero-order valence-corrected chi connectivity index (χ0v) is 22.6. The molecule has 2 aromatic carbocycles. The molecule has 4 fully saturated rings. The second kappa shape index (κ2) is 9.86. The molecule has 4 aliphatic rings. The SMILES string of the molecule is CC(C)(C)OC(=O)NC(Cc1ccc(Nc2ccc(C34CC5CC(CC(C5)C3)C4)cc2Cl)cc1)C(=O)O. The Labute approximate surface area is 224 Å². The van der Waals surface area contributed by atoms with Gasteiger partial charge in [-0.25, -0.2) is 9.59 Å². The summed E-state index contributed by atoms with van der Waals surface area (Å²) >= 11 is 6.77. The Balaban J connectivity index is 1.23. The number of carboxylic acids is 1. The number of alkyl carbamates (subject to hydrolysis) is 1. The maximum Gasteiger partial charge on any atom is 0.408 e. The Morgan fingerprint density at radius 1 is 1.03 bits per heavy atom. The van der Waals surface area contributed by atoms with Crippen molar-refractivity contribution < 1.29 is 19.4 Å². The van der Waals surface area contributed by atoms with Crippen LogP contribution in [0.3, 0.4) is 0 Å². The average molecular weight is 525 g/mol. The molecule has 6 nitrogen and oxygen atoms in total. The number of carbonyl (C=O) groups excluding carboxylic acids is 1. The van der Waals surface area contributed by atoms with Crippen molar-refractivity contribution in [2.24, 2.45) is 17.8 Å². The van der Waals surface area contributed by atoms with Gasteiger partial charge in [-0.05, 0) is 118 Å². The van der Waals surface area contributed by atoms with E-state index in [-0.39, 0.29) is 6.42 Å². The first kappa shape index (κ1) is 25.9. The van der Waals surface area contributed by atoms with E-state index >= 15 is 0 Å². The minimum Gasteiger partial charge on any atom is -0.480 e. The van der Waals surface area contributed by atoms with E-state index in [0.29, 0.717) is 5.41 Å². The van der Waals surface area contributed by atoms with Crippen LogP contribution in [0, 0.1) is 17.8 Å². The molecule has 0 radical (unpaired) electrons. The first-order valence-corrected chi connectivity index (χ1v) is 13.7. The predicted octanol–water partition coefficient (Wildman–Crippen LogP) is 7.07. The number of halogens is 1. The van der Waals surface area contributed by atoms with Crippen LogP contribution in [0.1, 0.15) is 70.4 Å². The molecule has 1 atom stereocenters. The van der Waals surface area contributed by atoms with Crippen molar-refractivity contribution in [3.05, 3.63) is 58.6 Å². The fourth-order valence-electron chi connectivity index (χ4n) is 7.18. The summed E-state index contributed by atoms with van der Waals surface area (Å²) in [6.45, 7) is 5.20. The summed E-state index contributed by atoms with van der Waals surface area (Å²) in [4.78, 5) is 23.7. The molecule has 0 aromatic heterocycles. The molecule has 0 spiro atoms. The number of aliphatic carboxylic acids is 1. The third kappa shape index (κ3) is 5.90. The van der Waals surface area contributed by atoms with Crippen LogP contribution >= 0.6 is 11.6 Å². The van der Waals surface area contributed by atoms with E-state index in [0.717, 1.165) is 39.7 Å². The number of hydrogen-bond acceptors (Lipinski definition) is 4. The summed E-state index contributed by atoms with van der Waals surface area (Å²) in [5.41, 5.74) is 3.52. The van der Waals surface area contributed by atoms with E-state index in [4.69, 9.17) is 16.3 Å². The molecule has 4 bridgehead atoms. The highest BCUT2D eigenvalue weighted by Gasteiger charge is 2.51. The summed E-state index contributed by atoms with van der Waals surface area (Å²) < 4.78 is 5.19. The van der Waals surface area contributed by atoms with Gasteiger partial charge in [-0.2, -0.15) is 0 Å². The number of hydrogen-bond donors (Lipinski definition) is 3. The monoisotopic (exact) mass is 524 g/mol. The molecule has 6 rings (SSSR count). The van der Waals surface area contributed by atoms with Crippen molar-refractivity contribution in [2.75, 3.05) is 5.32 Å². The van der Waals surface area contributed by atoms with Gasteiger partial charge in [0.2, 0.25) is 0 Å². The molecule has 4 aliphatic carbocycles. The van der Waals surface area contributed by atoms with Crippen molar-refractivity contribution in [3.63, 3.8) is 0 Å². The maximum absolute atomic E-state index is 12.0. The van der Waals surface area contributed by atoms with Gasteiger partial charge in [0, 0.05) is 12.1 Å². The lowest BCUT2D eigenvalue weighted by molar-refractivity contribution is -0.139. The smallest absolute Gasteiger partial charge is 0.408 e. The zero-order chi connectivity index (χ0) is 26.4. The van der Waals surface area contributed by atoms with Crippen LogP contribution < -0.4 is 10.6 Å². The van der Waals surface area contributed by atoms with E-state index in [1.807, 2.05) is 24.3 Å². The Morgan fingerprint density at radius 3 is 2.14 bits per heavy atom. The molecule has 3 N–H and O–H groups in total. The summed E-state index contributed by atoms with van der Waals surface area (Å²) in [6, 6.07) is 12.9. The van der Waals surface area contributed by atoms with Crippen LogP contribution in [0.4, 0.5) is 16.2 Å². The highest BCUT2D eigenvalue weighted by Crippen LogP contribution is 2.61. The number of benzene rings is 2.